The van der Waals surface area contributed by atoms with Gasteiger partial charge in [0.15, 0.2) is 0 Å². The van der Waals surface area contributed by atoms with E-state index in [2.05, 4.69) is 40.3 Å². The molecule has 1 unspecified atom stereocenters. The van der Waals surface area contributed by atoms with Gasteiger partial charge in [-0.15, -0.1) is 0 Å². The maximum Gasteiger partial charge on any atom is 0.124 e. The highest BCUT2D eigenvalue weighted by molar-refractivity contribution is 9.10. The summed E-state index contributed by atoms with van der Waals surface area (Å²) in [5, 5.41) is 3.51. The zero-order valence-corrected chi connectivity index (χ0v) is 14.1. The van der Waals surface area contributed by atoms with E-state index in [1.165, 1.54) is 5.56 Å². The molecule has 0 aliphatic rings. The van der Waals surface area contributed by atoms with Crippen molar-refractivity contribution in [1.29, 1.82) is 0 Å². The van der Waals surface area contributed by atoms with Crippen molar-refractivity contribution in [1.82, 2.24) is 5.32 Å². The maximum atomic E-state index is 5.52. The molecule has 0 heterocycles. The highest BCUT2D eigenvalue weighted by atomic mass is 79.9. The third-order valence-corrected chi connectivity index (χ3v) is 3.83. The molecule has 1 atom stereocenters. The van der Waals surface area contributed by atoms with Crippen LogP contribution in [0.2, 0.25) is 0 Å². The van der Waals surface area contributed by atoms with Crippen molar-refractivity contribution >= 4 is 15.9 Å². The summed E-state index contributed by atoms with van der Waals surface area (Å²) in [5.74, 6) is 1.67. The second-order valence-electron chi connectivity index (χ2n) is 4.65. The van der Waals surface area contributed by atoms with Crippen LogP contribution in [0.3, 0.4) is 0 Å². The predicted molar refractivity (Wildman–Crippen MR) is 89.2 cm³/mol. The van der Waals surface area contributed by atoms with Crippen LogP contribution in [-0.2, 0) is 0 Å². The van der Waals surface area contributed by atoms with Crippen LogP contribution in [0, 0.1) is 0 Å². The van der Waals surface area contributed by atoms with Crippen molar-refractivity contribution in [2.45, 2.75) is 13.0 Å². The van der Waals surface area contributed by atoms with E-state index in [0.29, 0.717) is 0 Å². The largest absolute Gasteiger partial charge is 0.497 e. The summed E-state index contributed by atoms with van der Waals surface area (Å²) in [4.78, 5) is 0. The quantitative estimate of drug-likeness (QED) is 0.848. The number of hydrogen-bond acceptors (Lipinski definition) is 3. The summed E-state index contributed by atoms with van der Waals surface area (Å²) in [7, 11) is 3.36. The molecule has 2 aromatic carbocycles. The molecule has 0 saturated heterocycles. The highest BCUT2D eigenvalue weighted by Gasteiger charge is 2.18. The average Bonchev–Trinajstić information content (AvgIpc) is 2.52. The third-order valence-electron chi connectivity index (χ3n) is 3.34. The van der Waals surface area contributed by atoms with E-state index >= 15 is 0 Å². The van der Waals surface area contributed by atoms with Gasteiger partial charge in [-0.05, 0) is 42.4 Å². The molecule has 112 valence electrons. The van der Waals surface area contributed by atoms with Gasteiger partial charge >= 0.3 is 0 Å². The van der Waals surface area contributed by atoms with Crippen LogP contribution in [-0.4, -0.2) is 20.8 Å². The molecule has 0 bridgehead atoms. The van der Waals surface area contributed by atoms with Gasteiger partial charge in [-0.2, -0.15) is 0 Å². The van der Waals surface area contributed by atoms with Gasteiger partial charge in [-0.3, -0.25) is 0 Å². The van der Waals surface area contributed by atoms with E-state index in [4.69, 9.17) is 9.47 Å². The molecule has 0 spiro atoms. The molecule has 1 N–H and O–H groups in total. The van der Waals surface area contributed by atoms with E-state index in [9.17, 15) is 0 Å². The van der Waals surface area contributed by atoms with E-state index in [1.807, 2.05) is 30.3 Å². The van der Waals surface area contributed by atoms with Crippen LogP contribution >= 0.6 is 15.9 Å². The smallest absolute Gasteiger partial charge is 0.124 e. The van der Waals surface area contributed by atoms with E-state index in [-0.39, 0.29) is 6.04 Å². The lowest BCUT2D eigenvalue weighted by atomic mass is 9.97. The van der Waals surface area contributed by atoms with Crippen LogP contribution in [0.25, 0.3) is 0 Å². The Labute approximate surface area is 134 Å². The minimum atomic E-state index is 0.0533. The van der Waals surface area contributed by atoms with Crippen molar-refractivity contribution in [2.75, 3.05) is 20.8 Å². The number of halogens is 1. The number of ether oxygens (including phenoxy) is 2. The van der Waals surface area contributed by atoms with Gasteiger partial charge in [-0.1, -0.05) is 35.0 Å². The van der Waals surface area contributed by atoms with Crippen molar-refractivity contribution in [3.8, 4) is 11.5 Å². The number of benzene rings is 2. The Morgan fingerprint density at radius 1 is 1.10 bits per heavy atom. The summed E-state index contributed by atoms with van der Waals surface area (Å²) in [6, 6.07) is 14.2. The van der Waals surface area contributed by atoms with E-state index in [1.54, 1.807) is 14.2 Å². The van der Waals surface area contributed by atoms with Crippen LogP contribution in [0.4, 0.5) is 0 Å². The first-order valence-corrected chi connectivity index (χ1v) is 7.69. The fourth-order valence-electron chi connectivity index (χ4n) is 2.36. The Morgan fingerprint density at radius 2 is 1.90 bits per heavy atom. The highest BCUT2D eigenvalue weighted by Crippen LogP contribution is 2.33. The topological polar surface area (TPSA) is 30.5 Å². The van der Waals surface area contributed by atoms with Gasteiger partial charge < -0.3 is 14.8 Å². The molecule has 0 aromatic heterocycles. The van der Waals surface area contributed by atoms with Gasteiger partial charge in [-0.25, -0.2) is 0 Å². The average molecular weight is 350 g/mol. The van der Waals surface area contributed by atoms with Crippen LogP contribution in [0.5, 0.6) is 11.5 Å². The third kappa shape index (κ3) is 3.77. The van der Waals surface area contributed by atoms with Crippen LogP contribution in [0.1, 0.15) is 24.1 Å². The molecule has 4 heteroatoms. The molecular weight excluding hydrogens is 330 g/mol. The fraction of sp³-hybridized carbons (Fsp3) is 0.294. The van der Waals surface area contributed by atoms with Crippen molar-refractivity contribution < 1.29 is 9.47 Å². The Balaban J connectivity index is 2.51. The summed E-state index contributed by atoms with van der Waals surface area (Å²) >= 11 is 3.53. The second-order valence-corrected chi connectivity index (χ2v) is 5.57. The standard InChI is InChI=1S/C17H20BrNO2/c1-4-19-17(12-6-5-7-13(18)10-12)15-11-14(20-2)8-9-16(15)21-3/h5-11,17,19H,4H2,1-3H3. The minimum Gasteiger partial charge on any atom is -0.497 e. The summed E-state index contributed by atoms with van der Waals surface area (Å²) in [5.41, 5.74) is 2.24. The van der Waals surface area contributed by atoms with Crippen molar-refractivity contribution in [2.24, 2.45) is 0 Å². The predicted octanol–water partition coefficient (Wildman–Crippen LogP) is 4.17. The molecule has 2 aromatic rings. The molecule has 0 fully saturated rings. The molecule has 2 rings (SSSR count). The van der Waals surface area contributed by atoms with Gasteiger partial charge in [0.2, 0.25) is 0 Å². The maximum absolute atomic E-state index is 5.52. The normalized spacial score (nSPS) is 12.0. The Kier molecular flexibility index (Phi) is 5.65. The lowest BCUT2D eigenvalue weighted by Crippen LogP contribution is -2.22. The first kappa shape index (κ1) is 15.9. The summed E-state index contributed by atoms with van der Waals surface area (Å²) < 4.78 is 11.9. The minimum absolute atomic E-state index is 0.0533. The molecule has 21 heavy (non-hydrogen) atoms. The zero-order valence-electron chi connectivity index (χ0n) is 12.5. The van der Waals surface area contributed by atoms with Gasteiger partial charge in [0, 0.05) is 10.0 Å². The Morgan fingerprint density at radius 3 is 2.52 bits per heavy atom. The summed E-state index contributed by atoms with van der Waals surface area (Å²) in [6.45, 7) is 2.95. The lowest BCUT2D eigenvalue weighted by Gasteiger charge is -2.22. The Bertz CT molecular complexity index is 601. The number of hydrogen-bond donors (Lipinski definition) is 1. The summed E-state index contributed by atoms with van der Waals surface area (Å²) in [6.07, 6.45) is 0. The van der Waals surface area contributed by atoms with Gasteiger partial charge in [0.1, 0.15) is 11.5 Å². The van der Waals surface area contributed by atoms with Crippen molar-refractivity contribution in [3.63, 3.8) is 0 Å². The molecule has 0 saturated carbocycles. The number of methoxy groups -OCH3 is 2. The first-order chi connectivity index (χ1) is 10.2. The number of rotatable bonds is 6. The Hall–Kier alpha value is -1.52. The zero-order chi connectivity index (χ0) is 15.2. The molecule has 0 aliphatic carbocycles. The monoisotopic (exact) mass is 349 g/mol. The van der Waals surface area contributed by atoms with Crippen LogP contribution < -0.4 is 14.8 Å². The first-order valence-electron chi connectivity index (χ1n) is 6.90. The van der Waals surface area contributed by atoms with E-state index < -0.39 is 0 Å². The fourth-order valence-corrected chi connectivity index (χ4v) is 2.78. The molecular formula is C17H20BrNO2. The van der Waals surface area contributed by atoms with E-state index in [0.717, 1.165) is 28.1 Å². The molecule has 0 amide bonds. The molecule has 0 radical (unpaired) electrons. The SMILES string of the molecule is CCNC(c1cccc(Br)c1)c1cc(OC)ccc1OC. The van der Waals surface area contributed by atoms with Gasteiger partial charge in [0.05, 0.1) is 20.3 Å². The number of nitrogens with one attached hydrogen (secondary N) is 1. The van der Waals surface area contributed by atoms with Gasteiger partial charge in [0.25, 0.3) is 0 Å². The molecule has 0 aliphatic heterocycles. The lowest BCUT2D eigenvalue weighted by molar-refractivity contribution is 0.394. The molecule has 3 nitrogen and oxygen atoms in total. The van der Waals surface area contributed by atoms with Crippen molar-refractivity contribution in [3.05, 3.63) is 58.1 Å². The van der Waals surface area contributed by atoms with Crippen LogP contribution in [0.15, 0.2) is 46.9 Å². The second kappa shape index (κ2) is 7.48.